The minimum Gasteiger partial charge on any atom is -0.327 e. The van der Waals surface area contributed by atoms with Crippen molar-refractivity contribution in [2.75, 3.05) is 12.3 Å². The molecule has 0 aliphatic heterocycles. The fraction of sp³-hybridized carbons (Fsp3) is 1.00. The zero-order valence-corrected chi connectivity index (χ0v) is 9.83. The molecule has 3 heteroatoms. The molecule has 0 fully saturated rings. The molecule has 0 aromatic heterocycles. The van der Waals surface area contributed by atoms with Crippen molar-refractivity contribution in [2.45, 2.75) is 39.5 Å². The summed E-state index contributed by atoms with van der Waals surface area (Å²) in [6.45, 7) is 4.30. The van der Waals surface area contributed by atoms with Gasteiger partial charge in [0, 0.05) is 17.4 Å². The van der Waals surface area contributed by atoms with E-state index in [0.29, 0.717) is 0 Å². The fourth-order valence-corrected chi connectivity index (χ4v) is 2.62. The first-order valence-corrected chi connectivity index (χ1v) is 6.15. The van der Waals surface area contributed by atoms with E-state index < -0.39 is 7.80 Å². The molecule has 0 aromatic carbocycles. The van der Waals surface area contributed by atoms with Gasteiger partial charge < -0.3 is 4.57 Å². The predicted molar refractivity (Wildman–Crippen MR) is 48.6 cm³/mol. The zero-order valence-electron chi connectivity index (χ0n) is 7.56. The Morgan fingerprint density at radius 1 is 1.00 bits per heavy atom. The third-order valence-corrected chi connectivity index (χ3v) is 3.44. The number of rotatable bonds is 6. The Balaban J connectivity index is 0. The van der Waals surface area contributed by atoms with Crippen LogP contribution in [0.5, 0.6) is 0 Å². The van der Waals surface area contributed by atoms with Gasteiger partial charge in [-0.2, -0.15) is 0 Å². The van der Waals surface area contributed by atoms with Gasteiger partial charge >= 0.3 is 0 Å². The standard InChI is InChI=1S/C8H19OP.Cr/c1-3-5-7-10(9)8-6-4-2;/h10H,3-8H2,1-2H3;. The summed E-state index contributed by atoms with van der Waals surface area (Å²) in [6.07, 6.45) is 6.65. The summed E-state index contributed by atoms with van der Waals surface area (Å²) >= 11 is 0. The van der Waals surface area contributed by atoms with Crippen LogP contribution < -0.4 is 0 Å². The van der Waals surface area contributed by atoms with Crippen molar-refractivity contribution in [3.63, 3.8) is 0 Å². The van der Waals surface area contributed by atoms with Gasteiger partial charge in [-0.3, -0.25) is 0 Å². The van der Waals surface area contributed by atoms with Crippen LogP contribution in [0.1, 0.15) is 39.5 Å². The van der Waals surface area contributed by atoms with Gasteiger partial charge in [0.15, 0.2) is 0 Å². The van der Waals surface area contributed by atoms with Gasteiger partial charge in [0.1, 0.15) is 0 Å². The van der Waals surface area contributed by atoms with Crippen LogP contribution in [0.25, 0.3) is 0 Å². The van der Waals surface area contributed by atoms with Crippen LogP contribution in [-0.4, -0.2) is 12.3 Å². The Morgan fingerprint density at radius 2 is 1.36 bits per heavy atom. The van der Waals surface area contributed by atoms with Gasteiger partial charge in [-0.05, 0) is 25.2 Å². The van der Waals surface area contributed by atoms with Crippen LogP contribution in [0, 0.1) is 0 Å². The average molecular weight is 214 g/mol. The van der Waals surface area contributed by atoms with E-state index in [-0.39, 0.29) is 17.4 Å². The molecular formula is C8H19CrOP. The molecule has 1 nitrogen and oxygen atoms in total. The minimum atomic E-state index is -1.16. The summed E-state index contributed by atoms with van der Waals surface area (Å²) in [5.74, 6) is 0. The second-order valence-corrected chi connectivity index (χ2v) is 4.82. The maximum atomic E-state index is 11.1. The van der Waals surface area contributed by atoms with Crippen molar-refractivity contribution in [1.82, 2.24) is 0 Å². The minimum absolute atomic E-state index is 0. The van der Waals surface area contributed by atoms with Gasteiger partial charge in [-0.1, -0.05) is 26.7 Å². The maximum Gasteiger partial charge on any atom is 0.0762 e. The van der Waals surface area contributed by atoms with Crippen molar-refractivity contribution >= 4 is 7.80 Å². The average Bonchev–Trinajstić information content (AvgIpc) is 1.97. The largest absolute Gasteiger partial charge is 0.327 e. The molecule has 0 unspecified atom stereocenters. The first-order valence-electron chi connectivity index (χ1n) is 4.33. The molecule has 0 atom stereocenters. The maximum absolute atomic E-state index is 11.1. The molecule has 0 bridgehead atoms. The topological polar surface area (TPSA) is 17.1 Å². The van der Waals surface area contributed by atoms with Crippen LogP contribution in [0.3, 0.4) is 0 Å². The Morgan fingerprint density at radius 3 is 1.64 bits per heavy atom. The number of hydrogen-bond acceptors (Lipinski definition) is 1. The van der Waals surface area contributed by atoms with E-state index in [1.807, 2.05) is 0 Å². The van der Waals surface area contributed by atoms with Gasteiger partial charge in [0.25, 0.3) is 0 Å². The van der Waals surface area contributed by atoms with Crippen molar-refractivity contribution in [1.29, 1.82) is 0 Å². The third-order valence-electron chi connectivity index (χ3n) is 1.62. The van der Waals surface area contributed by atoms with E-state index in [1.54, 1.807) is 0 Å². The smallest absolute Gasteiger partial charge is 0.0762 e. The number of unbranched alkanes of at least 4 members (excludes halogenated alkanes) is 2. The summed E-state index contributed by atoms with van der Waals surface area (Å²) in [5, 5.41) is 0. The van der Waals surface area contributed by atoms with Crippen LogP contribution >= 0.6 is 7.80 Å². The molecule has 0 aliphatic carbocycles. The Kier molecular flexibility index (Phi) is 14.0. The Bertz CT molecular complexity index is 86.1. The molecule has 68 valence electrons. The van der Waals surface area contributed by atoms with Gasteiger partial charge in [0.2, 0.25) is 0 Å². The van der Waals surface area contributed by atoms with Crippen LogP contribution in [-0.2, 0) is 21.9 Å². The summed E-state index contributed by atoms with van der Waals surface area (Å²) in [5.41, 5.74) is 0. The first-order chi connectivity index (χ1) is 4.81. The molecule has 11 heavy (non-hydrogen) atoms. The Labute approximate surface area is 81.9 Å². The molecular weight excluding hydrogens is 195 g/mol. The van der Waals surface area contributed by atoms with Crippen molar-refractivity contribution < 1.29 is 21.9 Å². The van der Waals surface area contributed by atoms with Gasteiger partial charge in [0.05, 0.1) is 7.80 Å². The van der Waals surface area contributed by atoms with Crippen molar-refractivity contribution in [3.8, 4) is 0 Å². The molecule has 0 radical (unpaired) electrons. The predicted octanol–water partition coefficient (Wildman–Crippen LogP) is 3.14. The van der Waals surface area contributed by atoms with Crippen LogP contribution in [0.4, 0.5) is 0 Å². The zero-order chi connectivity index (χ0) is 7.82. The first kappa shape index (κ1) is 14.3. The molecule has 0 saturated carbocycles. The van der Waals surface area contributed by atoms with E-state index in [1.165, 1.54) is 12.8 Å². The molecule has 0 aromatic rings. The van der Waals surface area contributed by atoms with E-state index in [4.69, 9.17) is 0 Å². The summed E-state index contributed by atoms with van der Waals surface area (Å²) in [7, 11) is -1.16. The van der Waals surface area contributed by atoms with Crippen molar-refractivity contribution in [3.05, 3.63) is 0 Å². The van der Waals surface area contributed by atoms with E-state index in [0.717, 1.165) is 25.2 Å². The normalized spacial score (nSPS) is 9.73. The van der Waals surface area contributed by atoms with E-state index in [9.17, 15) is 4.57 Å². The third kappa shape index (κ3) is 10.8. The quantitative estimate of drug-likeness (QED) is 0.621. The summed E-state index contributed by atoms with van der Waals surface area (Å²) < 4.78 is 11.1. The molecule has 0 aliphatic rings. The molecule has 0 amide bonds. The molecule has 0 spiro atoms. The molecule has 0 rings (SSSR count). The van der Waals surface area contributed by atoms with E-state index in [2.05, 4.69) is 13.8 Å². The second kappa shape index (κ2) is 10.8. The Hall–Kier alpha value is 0.762. The fourth-order valence-electron chi connectivity index (χ4n) is 0.873. The molecule has 0 N–H and O–H groups in total. The van der Waals surface area contributed by atoms with Gasteiger partial charge in [-0.15, -0.1) is 0 Å². The molecule has 0 heterocycles. The summed E-state index contributed by atoms with van der Waals surface area (Å²) in [6, 6.07) is 0. The van der Waals surface area contributed by atoms with Crippen LogP contribution in [0.15, 0.2) is 0 Å². The van der Waals surface area contributed by atoms with Crippen LogP contribution in [0.2, 0.25) is 0 Å². The van der Waals surface area contributed by atoms with Crippen molar-refractivity contribution in [2.24, 2.45) is 0 Å². The monoisotopic (exact) mass is 214 g/mol. The van der Waals surface area contributed by atoms with Gasteiger partial charge in [-0.25, -0.2) is 0 Å². The summed E-state index contributed by atoms with van der Waals surface area (Å²) in [4.78, 5) is 0. The SMILES string of the molecule is CCCC[PH](=O)CCCC.[Cr]. The molecule has 0 saturated heterocycles. The van der Waals surface area contributed by atoms with E-state index >= 15 is 0 Å². The second-order valence-electron chi connectivity index (χ2n) is 2.75. The number of hydrogen-bond donors (Lipinski definition) is 0.